The smallest absolute Gasteiger partial charge is 0.107 e. The van der Waals surface area contributed by atoms with Gasteiger partial charge in [0.25, 0.3) is 0 Å². The molecule has 15 heavy (non-hydrogen) atoms. The third kappa shape index (κ3) is 5.09. The Morgan fingerprint density at radius 3 is 2.93 bits per heavy atom. The van der Waals surface area contributed by atoms with Crippen LogP contribution in [0.3, 0.4) is 0 Å². The summed E-state index contributed by atoms with van der Waals surface area (Å²) in [5.41, 5.74) is 0. The standard InChI is InChI=1S/C10H15BrClNS2/c1-3-14-6-7(2)13-5-8-4-9(11)10(12)15-8/h4,7,13H,3,5-6H2,1-2H3. The van der Waals surface area contributed by atoms with Crippen molar-refractivity contribution in [1.29, 1.82) is 0 Å². The van der Waals surface area contributed by atoms with Gasteiger partial charge in [0.2, 0.25) is 0 Å². The molecule has 1 heterocycles. The molecule has 1 N–H and O–H groups in total. The van der Waals surface area contributed by atoms with Crippen molar-refractivity contribution in [3.63, 3.8) is 0 Å². The van der Waals surface area contributed by atoms with Crippen molar-refractivity contribution in [2.75, 3.05) is 11.5 Å². The fourth-order valence-corrected chi connectivity index (χ4v) is 3.56. The van der Waals surface area contributed by atoms with E-state index in [1.54, 1.807) is 11.3 Å². The Kier molecular flexibility index (Phi) is 6.62. The van der Waals surface area contributed by atoms with Crippen LogP contribution in [0.15, 0.2) is 10.5 Å². The van der Waals surface area contributed by atoms with E-state index in [4.69, 9.17) is 11.6 Å². The van der Waals surface area contributed by atoms with Gasteiger partial charge in [-0.2, -0.15) is 11.8 Å². The van der Waals surface area contributed by atoms with Crippen LogP contribution < -0.4 is 5.32 Å². The average molecular weight is 329 g/mol. The zero-order valence-electron chi connectivity index (χ0n) is 8.85. The summed E-state index contributed by atoms with van der Waals surface area (Å²) < 4.78 is 1.84. The largest absolute Gasteiger partial charge is 0.309 e. The Bertz CT molecular complexity index is 284. The third-order valence-electron chi connectivity index (χ3n) is 1.89. The summed E-state index contributed by atoms with van der Waals surface area (Å²) in [6, 6.07) is 2.63. The first-order chi connectivity index (χ1) is 7.13. The summed E-state index contributed by atoms with van der Waals surface area (Å²) in [4.78, 5) is 1.28. The second kappa shape index (κ2) is 7.17. The minimum atomic E-state index is 0.551. The molecule has 0 aliphatic carbocycles. The van der Waals surface area contributed by atoms with Gasteiger partial charge in [-0.25, -0.2) is 0 Å². The number of halogens is 2. The minimum absolute atomic E-state index is 0.551. The maximum Gasteiger partial charge on any atom is 0.107 e. The van der Waals surface area contributed by atoms with E-state index >= 15 is 0 Å². The molecule has 0 bridgehead atoms. The highest BCUT2D eigenvalue weighted by molar-refractivity contribution is 9.10. The lowest BCUT2D eigenvalue weighted by Crippen LogP contribution is -2.27. The first kappa shape index (κ1) is 13.8. The Morgan fingerprint density at radius 1 is 1.67 bits per heavy atom. The molecule has 0 saturated carbocycles. The lowest BCUT2D eigenvalue weighted by molar-refractivity contribution is 0.600. The highest BCUT2D eigenvalue weighted by atomic mass is 79.9. The number of nitrogens with one attached hydrogen (secondary N) is 1. The summed E-state index contributed by atoms with van der Waals surface area (Å²) in [6.07, 6.45) is 0. The zero-order chi connectivity index (χ0) is 11.3. The van der Waals surface area contributed by atoms with E-state index in [-0.39, 0.29) is 0 Å². The van der Waals surface area contributed by atoms with Gasteiger partial charge in [-0.05, 0) is 34.7 Å². The van der Waals surface area contributed by atoms with Gasteiger partial charge in [0.1, 0.15) is 4.34 Å². The molecular formula is C10H15BrClNS2. The summed E-state index contributed by atoms with van der Waals surface area (Å²) >= 11 is 13.0. The van der Waals surface area contributed by atoms with E-state index in [9.17, 15) is 0 Å². The molecule has 1 atom stereocenters. The fraction of sp³-hybridized carbons (Fsp3) is 0.600. The Hall–Kier alpha value is 0.780. The molecule has 1 aromatic heterocycles. The molecule has 0 aromatic carbocycles. The molecule has 0 amide bonds. The minimum Gasteiger partial charge on any atom is -0.309 e. The van der Waals surface area contributed by atoms with Gasteiger partial charge < -0.3 is 5.32 Å². The molecular weight excluding hydrogens is 314 g/mol. The normalized spacial score (nSPS) is 13.1. The molecule has 1 rings (SSSR count). The van der Waals surface area contributed by atoms with Crippen molar-refractivity contribution >= 4 is 50.6 Å². The first-order valence-electron chi connectivity index (χ1n) is 4.88. The Labute approximate surface area is 113 Å². The van der Waals surface area contributed by atoms with E-state index in [2.05, 4.69) is 41.2 Å². The van der Waals surface area contributed by atoms with Crippen LogP contribution in [0.1, 0.15) is 18.7 Å². The highest BCUT2D eigenvalue weighted by Gasteiger charge is 2.06. The van der Waals surface area contributed by atoms with Crippen LogP contribution in [-0.4, -0.2) is 17.5 Å². The Balaban J connectivity index is 2.30. The van der Waals surface area contributed by atoms with Gasteiger partial charge >= 0.3 is 0 Å². The van der Waals surface area contributed by atoms with Gasteiger partial charge in [-0.15, -0.1) is 11.3 Å². The van der Waals surface area contributed by atoms with Gasteiger partial charge in [-0.1, -0.05) is 18.5 Å². The monoisotopic (exact) mass is 327 g/mol. The van der Waals surface area contributed by atoms with Crippen LogP contribution >= 0.6 is 50.6 Å². The van der Waals surface area contributed by atoms with E-state index in [1.165, 1.54) is 10.6 Å². The van der Waals surface area contributed by atoms with Crippen LogP contribution in [0, 0.1) is 0 Å². The van der Waals surface area contributed by atoms with Crippen molar-refractivity contribution in [1.82, 2.24) is 5.32 Å². The molecule has 5 heteroatoms. The number of hydrogen-bond donors (Lipinski definition) is 1. The lowest BCUT2D eigenvalue weighted by atomic mass is 10.3. The van der Waals surface area contributed by atoms with E-state index in [1.807, 2.05) is 11.8 Å². The number of rotatable bonds is 6. The molecule has 0 aliphatic heterocycles. The topological polar surface area (TPSA) is 12.0 Å². The van der Waals surface area contributed by atoms with Crippen molar-refractivity contribution < 1.29 is 0 Å². The predicted molar refractivity (Wildman–Crippen MR) is 76.3 cm³/mol. The third-order valence-corrected chi connectivity index (χ3v) is 5.51. The average Bonchev–Trinajstić information content (AvgIpc) is 2.52. The van der Waals surface area contributed by atoms with Crippen LogP contribution in [0.2, 0.25) is 4.34 Å². The first-order valence-corrected chi connectivity index (χ1v) is 8.02. The zero-order valence-corrected chi connectivity index (χ0v) is 12.8. The van der Waals surface area contributed by atoms with E-state index in [0.717, 1.165) is 21.1 Å². The maximum absolute atomic E-state index is 5.97. The summed E-state index contributed by atoms with van der Waals surface area (Å²) in [5.74, 6) is 2.35. The van der Waals surface area contributed by atoms with Crippen molar-refractivity contribution in [2.45, 2.75) is 26.4 Å². The van der Waals surface area contributed by atoms with Crippen LogP contribution in [0.4, 0.5) is 0 Å². The van der Waals surface area contributed by atoms with Crippen molar-refractivity contribution in [2.24, 2.45) is 0 Å². The second-order valence-electron chi connectivity index (χ2n) is 3.28. The van der Waals surface area contributed by atoms with Gasteiger partial charge in [0.15, 0.2) is 0 Å². The van der Waals surface area contributed by atoms with Gasteiger partial charge in [0, 0.05) is 27.7 Å². The quantitative estimate of drug-likeness (QED) is 0.831. The summed E-state index contributed by atoms with van der Waals surface area (Å²) in [7, 11) is 0. The van der Waals surface area contributed by atoms with Gasteiger partial charge in [0.05, 0.1) is 0 Å². The SMILES string of the molecule is CCSCC(C)NCc1cc(Br)c(Cl)s1. The molecule has 0 saturated heterocycles. The number of thioether (sulfide) groups is 1. The second-order valence-corrected chi connectivity index (χ2v) is 7.19. The molecule has 0 spiro atoms. The summed E-state index contributed by atoms with van der Waals surface area (Å²) in [5, 5.41) is 3.48. The Morgan fingerprint density at radius 2 is 2.40 bits per heavy atom. The number of hydrogen-bond acceptors (Lipinski definition) is 3. The van der Waals surface area contributed by atoms with E-state index < -0.39 is 0 Å². The van der Waals surface area contributed by atoms with Gasteiger partial charge in [-0.3, -0.25) is 0 Å². The van der Waals surface area contributed by atoms with Crippen LogP contribution in [-0.2, 0) is 6.54 Å². The predicted octanol–water partition coefficient (Wildman–Crippen LogP) is 4.40. The highest BCUT2D eigenvalue weighted by Crippen LogP contribution is 2.31. The molecule has 0 radical (unpaired) electrons. The lowest BCUT2D eigenvalue weighted by Gasteiger charge is -2.11. The number of thiophene rings is 1. The molecule has 86 valence electrons. The molecule has 1 nitrogen and oxygen atoms in total. The van der Waals surface area contributed by atoms with E-state index in [0.29, 0.717) is 6.04 Å². The van der Waals surface area contributed by atoms with Crippen LogP contribution in [0.25, 0.3) is 0 Å². The molecule has 0 fully saturated rings. The molecule has 1 aromatic rings. The molecule has 0 aliphatic rings. The van der Waals surface area contributed by atoms with Crippen LogP contribution in [0.5, 0.6) is 0 Å². The maximum atomic E-state index is 5.97. The van der Waals surface area contributed by atoms with Crippen molar-refractivity contribution in [3.8, 4) is 0 Å². The molecule has 1 unspecified atom stereocenters. The summed E-state index contributed by atoms with van der Waals surface area (Å²) in [6.45, 7) is 5.31. The fourth-order valence-electron chi connectivity index (χ4n) is 1.11. The van der Waals surface area contributed by atoms with Crippen molar-refractivity contribution in [3.05, 3.63) is 19.8 Å².